The lowest BCUT2D eigenvalue weighted by Gasteiger charge is -2.18. The molecule has 1 aliphatic rings. The average Bonchev–Trinajstić information content (AvgIpc) is 3.22. The topological polar surface area (TPSA) is 95.2 Å². The van der Waals surface area contributed by atoms with Gasteiger partial charge in [-0.3, -0.25) is 0 Å². The molecule has 0 aliphatic carbocycles. The SMILES string of the molecule is CC1(C)OCC(COc2ccccc2-c2ccc3ncc(C(=O)O)n3n2)O1. The molecule has 3 aromatic rings. The summed E-state index contributed by atoms with van der Waals surface area (Å²) in [6.45, 7) is 4.54. The number of nitrogens with zero attached hydrogens (tertiary/aromatic N) is 3. The van der Waals surface area contributed by atoms with Gasteiger partial charge in [-0.05, 0) is 38.1 Å². The predicted octanol–water partition coefficient (Wildman–Crippen LogP) is 2.62. The van der Waals surface area contributed by atoms with E-state index in [-0.39, 0.29) is 11.8 Å². The highest BCUT2D eigenvalue weighted by Gasteiger charge is 2.33. The monoisotopic (exact) mass is 369 g/mol. The number of carboxylic acid groups (broad SMARTS) is 1. The van der Waals surface area contributed by atoms with Crippen molar-refractivity contribution in [1.82, 2.24) is 14.6 Å². The maximum atomic E-state index is 11.3. The maximum absolute atomic E-state index is 11.3. The van der Waals surface area contributed by atoms with E-state index in [4.69, 9.17) is 14.2 Å². The van der Waals surface area contributed by atoms with E-state index in [1.165, 1.54) is 10.7 Å². The Morgan fingerprint density at radius 1 is 1.33 bits per heavy atom. The summed E-state index contributed by atoms with van der Waals surface area (Å²) < 4.78 is 18.6. The Kier molecular flexibility index (Phi) is 4.29. The molecule has 8 heteroatoms. The van der Waals surface area contributed by atoms with Gasteiger partial charge in [-0.2, -0.15) is 5.10 Å². The predicted molar refractivity (Wildman–Crippen MR) is 95.8 cm³/mol. The van der Waals surface area contributed by atoms with Crippen molar-refractivity contribution in [3.63, 3.8) is 0 Å². The third-order valence-corrected chi connectivity index (χ3v) is 4.24. The number of para-hydroxylation sites is 1. The second-order valence-corrected chi connectivity index (χ2v) is 6.70. The van der Waals surface area contributed by atoms with Crippen LogP contribution in [-0.4, -0.2) is 50.8 Å². The van der Waals surface area contributed by atoms with Crippen LogP contribution in [0.3, 0.4) is 0 Å². The molecule has 27 heavy (non-hydrogen) atoms. The highest BCUT2D eigenvalue weighted by molar-refractivity contribution is 5.86. The van der Waals surface area contributed by atoms with E-state index >= 15 is 0 Å². The number of benzene rings is 1. The zero-order valence-corrected chi connectivity index (χ0v) is 15.0. The van der Waals surface area contributed by atoms with Gasteiger partial charge in [-0.25, -0.2) is 14.3 Å². The minimum Gasteiger partial charge on any atom is -0.490 e. The van der Waals surface area contributed by atoms with E-state index in [0.717, 1.165) is 5.56 Å². The quantitative estimate of drug-likeness (QED) is 0.738. The molecule has 3 heterocycles. The van der Waals surface area contributed by atoms with Gasteiger partial charge in [-0.15, -0.1) is 0 Å². The lowest BCUT2D eigenvalue weighted by atomic mass is 10.1. The van der Waals surface area contributed by atoms with Gasteiger partial charge in [0.25, 0.3) is 0 Å². The second-order valence-electron chi connectivity index (χ2n) is 6.70. The zero-order chi connectivity index (χ0) is 19.0. The van der Waals surface area contributed by atoms with Crippen molar-refractivity contribution in [2.45, 2.75) is 25.7 Å². The molecule has 4 rings (SSSR count). The van der Waals surface area contributed by atoms with Crippen LogP contribution < -0.4 is 4.74 Å². The fourth-order valence-electron chi connectivity index (χ4n) is 2.99. The summed E-state index contributed by atoms with van der Waals surface area (Å²) in [6.07, 6.45) is 1.13. The molecular weight excluding hydrogens is 350 g/mol. The molecule has 1 aromatic carbocycles. The number of rotatable bonds is 5. The van der Waals surface area contributed by atoms with Crippen LogP contribution in [0, 0.1) is 0 Å². The van der Waals surface area contributed by atoms with E-state index in [1.54, 1.807) is 12.1 Å². The lowest BCUT2D eigenvalue weighted by molar-refractivity contribution is -0.141. The van der Waals surface area contributed by atoms with Gasteiger partial charge < -0.3 is 19.3 Å². The first-order chi connectivity index (χ1) is 12.9. The van der Waals surface area contributed by atoms with Gasteiger partial charge in [0.2, 0.25) is 0 Å². The summed E-state index contributed by atoms with van der Waals surface area (Å²) in [5.41, 5.74) is 1.81. The van der Waals surface area contributed by atoms with E-state index in [1.807, 2.05) is 38.1 Å². The fraction of sp³-hybridized carbons (Fsp3) is 0.316. The standard InChI is InChI=1S/C19H19N3O5/c1-19(2)26-11-12(27-19)10-25-16-6-4-3-5-13(16)14-7-8-17-20-9-15(18(23)24)22(17)21-14/h3-9,12H,10-11H2,1-2H3,(H,23,24). The van der Waals surface area contributed by atoms with Crippen LogP contribution in [0.5, 0.6) is 5.75 Å². The van der Waals surface area contributed by atoms with Crippen molar-refractivity contribution in [3.05, 3.63) is 48.3 Å². The van der Waals surface area contributed by atoms with Crippen molar-refractivity contribution >= 4 is 11.6 Å². The number of fused-ring (bicyclic) bond motifs is 1. The molecule has 0 bridgehead atoms. The van der Waals surface area contributed by atoms with Crippen molar-refractivity contribution in [2.24, 2.45) is 0 Å². The minimum absolute atomic E-state index is 0.00369. The van der Waals surface area contributed by atoms with Crippen molar-refractivity contribution in [3.8, 4) is 17.0 Å². The van der Waals surface area contributed by atoms with Crippen LogP contribution in [0.25, 0.3) is 16.9 Å². The Hall–Kier alpha value is -2.97. The first-order valence-electron chi connectivity index (χ1n) is 8.55. The average molecular weight is 369 g/mol. The molecule has 2 aromatic heterocycles. The molecule has 1 N–H and O–H groups in total. The smallest absolute Gasteiger partial charge is 0.356 e. The third-order valence-electron chi connectivity index (χ3n) is 4.24. The third kappa shape index (κ3) is 3.49. The molecule has 1 saturated heterocycles. The van der Waals surface area contributed by atoms with E-state index in [9.17, 15) is 9.90 Å². The molecule has 0 saturated carbocycles. The van der Waals surface area contributed by atoms with Crippen LogP contribution in [0.2, 0.25) is 0 Å². The molecule has 1 unspecified atom stereocenters. The molecule has 1 aliphatic heterocycles. The molecule has 1 atom stereocenters. The van der Waals surface area contributed by atoms with Crippen LogP contribution in [0.4, 0.5) is 0 Å². The number of hydrogen-bond acceptors (Lipinski definition) is 6. The number of aromatic nitrogens is 3. The number of carboxylic acids is 1. The second kappa shape index (κ2) is 6.64. The number of ether oxygens (including phenoxy) is 3. The summed E-state index contributed by atoms with van der Waals surface area (Å²) in [5.74, 6) is -1.05. The van der Waals surface area contributed by atoms with Crippen LogP contribution in [-0.2, 0) is 9.47 Å². The number of aromatic carboxylic acids is 1. The largest absolute Gasteiger partial charge is 0.490 e. The van der Waals surface area contributed by atoms with Crippen molar-refractivity contribution in [1.29, 1.82) is 0 Å². The Balaban J connectivity index is 1.62. The highest BCUT2D eigenvalue weighted by Crippen LogP contribution is 2.30. The van der Waals surface area contributed by atoms with Gasteiger partial charge in [0.15, 0.2) is 17.1 Å². The lowest BCUT2D eigenvalue weighted by Crippen LogP contribution is -2.25. The van der Waals surface area contributed by atoms with Crippen LogP contribution in [0.1, 0.15) is 24.3 Å². The first kappa shape index (κ1) is 17.4. The van der Waals surface area contributed by atoms with E-state index in [0.29, 0.717) is 30.3 Å². The Morgan fingerprint density at radius 2 is 2.15 bits per heavy atom. The normalized spacial score (nSPS) is 18.7. The van der Waals surface area contributed by atoms with Gasteiger partial charge in [0.1, 0.15) is 18.5 Å². The van der Waals surface area contributed by atoms with Gasteiger partial charge in [-0.1, -0.05) is 12.1 Å². The fourth-order valence-corrected chi connectivity index (χ4v) is 2.99. The highest BCUT2D eigenvalue weighted by atomic mass is 16.7. The summed E-state index contributed by atoms with van der Waals surface area (Å²) in [4.78, 5) is 15.4. The number of imidazole rings is 1. The van der Waals surface area contributed by atoms with E-state index < -0.39 is 11.8 Å². The van der Waals surface area contributed by atoms with Crippen molar-refractivity contribution in [2.75, 3.05) is 13.2 Å². The Bertz CT molecular complexity index is 998. The summed E-state index contributed by atoms with van der Waals surface area (Å²) in [6, 6.07) is 11.0. The van der Waals surface area contributed by atoms with Crippen LogP contribution in [0.15, 0.2) is 42.6 Å². The maximum Gasteiger partial charge on any atom is 0.356 e. The van der Waals surface area contributed by atoms with Gasteiger partial charge >= 0.3 is 5.97 Å². The number of carbonyl (C=O) groups is 1. The minimum atomic E-state index is -1.09. The molecule has 8 nitrogen and oxygen atoms in total. The zero-order valence-electron chi connectivity index (χ0n) is 15.0. The van der Waals surface area contributed by atoms with Gasteiger partial charge in [0.05, 0.1) is 18.5 Å². The molecule has 0 radical (unpaired) electrons. The summed E-state index contributed by atoms with van der Waals surface area (Å²) in [5, 5.41) is 13.7. The molecule has 0 amide bonds. The Labute approximate surface area is 155 Å². The van der Waals surface area contributed by atoms with Crippen LogP contribution >= 0.6 is 0 Å². The number of hydrogen-bond donors (Lipinski definition) is 1. The Morgan fingerprint density at radius 3 is 2.89 bits per heavy atom. The molecule has 1 fully saturated rings. The molecule has 0 spiro atoms. The van der Waals surface area contributed by atoms with Crippen molar-refractivity contribution < 1.29 is 24.1 Å². The van der Waals surface area contributed by atoms with E-state index in [2.05, 4.69) is 10.1 Å². The summed E-state index contributed by atoms with van der Waals surface area (Å²) in [7, 11) is 0. The first-order valence-corrected chi connectivity index (χ1v) is 8.55. The molecular formula is C19H19N3O5. The van der Waals surface area contributed by atoms with Gasteiger partial charge in [0, 0.05) is 5.56 Å². The summed E-state index contributed by atoms with van der Waals surface area (Å²) >= 11 is 0. The molecule has 140 valence electrons.